The third-order valence-corrected chi connectivity index (χ3v) is 5.66. The lowest BCUT2D eigenvalue weighted by Gasteiger charge is -2.22. The molecule has 1 aliphatic rings. The van der Waals surface area contributed by atoms with Crippen molar-refractivity contribution in [2.45, 2.75) is 26.1 Å². The summed E-state index contributed by atoms with van der Waals surface area (Å²) in [6.07, 6.45) is 0. The number of hydrogen-bond acceptors (Lipinski definition) is 6. The van der Waals surface area contributed by atoms with Gasteiger partial charge in [0, 0.05) is 23.9 Å². The Morgan fingerprint density at radius 1 is 1.17 bits per heavy atom. The van der Waals surface area contributed by atoms with Crippen LogP contribution in [0.1, 0.15) is 30.3 Å². The van der Waals surface area contributed by atoms with E-state index in [2.05, 4.69) is 26.3 Å². The van der Waals surface area contributed by atoms with E-state index in [9.17, 15) is 9.59 Å². The molecule has 2 amide bonds. The highest BCUT2D eigenvalue weighted by atomic mass is 79.9. The summed E-state index contributed by atoms with van der Waals surface area (Å²) in [6, 6.07) is 13.4. The summed E-state index contributed by atoms with van der Waals surface area (Å²) < 4.78 is 12.6. The molecule has 0 saturated carbocycles. The van der Waals surface area contributed by atoms with Crippen molar-refractivity contribution < 1.29 is 19.1 Å². The molecule has 0 aliphatic carbocycles. The number of amides is 2. The van der Waals surface area contributed by atoms with Gasteiger partial charge in [-0.1, -0.05) is 39.8 Å². The Labute approximate surface area is 187 Å². The maximum atomic E-state index is 12.1. The zero-order chi connectivity index (χ0) is 21.7. The second-order valence-corrected chi connectivity index (χ2v) is 8.60. The van der Waals surface area contributed by atoms with Gasteiger partial charge in [-0.25, -0.2) is 5.01 Å². The molecule has 2 aromatic rings. The quantitative estimate of drug-likeness (QED) is 0.611. The van der Waals surface area contributed by atoms with Crippen LogP contribution in [0.25, 0.3) is 0 Å². The first-order valence-electron chi connectivity index (χ1n) is 9.28. The Hall–Kier alpha value is -2.52. The van der Waals surface area contributed by atoms with Crippen molar-refractivity contribution in [2.24, 2.45) is 5.10 Å². The monoisotopic (exact) mass is 491 g/mol. The molecule has 1 N–H and O–H groups in total. The van der Waals surface area contributed by atoms with Crippen LogP contribution >= 0.6 is 27.7 Å². The number of nitrogens with one attached hydrogen (secondary N) is 1. The first-order valence-corrected chi connectivity index (χ1v) is 10.9. The normalized spacial score (nSPS) is 15.5. The van der Waals surface area contributed by atoms with Crippen LogP contribution in [-0.4, -0.2) is 35.2 Å². The summed E-state index contributed by atoms with van der Waals surface area (Å²) in [6.45, 7) is 5.55. The molecule has 158 valence electrons. The molecule has 0 spiro atoms. The molecule has 9 heteroatoms. The van der Waals surface area contributed by atoms with Crippen molar-refractivity contribution >= 4 is 44.7 Å². The van der Waals surface area contributed by atoms with Gasteiger partial charge in [0.2, 0.25) is 11.8 Å². The molecule has 1 aliphatic heterocycles. The molecule has 0 unspecified atom stereocenters. The maximum Gasteiger partial charge on any atom is 0.241 e. The van der Waals surface area contributed by atoms with Crippen LogP contribution in [0.15, 0.2) is 52.0 Å². The first-order chi connectivity index (χ1) is 14.3. The Morgan fingerprint density at radius 3 is 2.63 bits per heavy atom. The molecule has 0 saturated heterocycles. The SMILES string of the molecule is CC(=O)NC1=NN(C(C)=O)[C@@H](c2cc(Br)ccc2OCCOc2cccc(C)c2)S1. The van der Waals surface area contributed by atoms with Gasteiger partial charge < -0.3 is 14.8 Å². The van der Waals surface area contributed by atoms with Crippen molar-refractivity contribution in [3.63, 3.8) is 0 Å². The van der Waals surface area contributed by atoms with Gasteiger partial charge in [0.25, 0.3) is 0 Å². The lowest BCUT2D eigenvalue weighted by Crippen LogP contribution is -2.25. The first kappa shape index (κ1) is 22.2. The zero-order valence-corrected chi connectivity index (χ0v) is 19.2. The number of rotatable bonds is 6. The average Bonchev–Trinajstić information content (AvgIpc) is 3.09. The average molecular weight is 492 g/mol. The highest BCUT2D eigenvalue weighted by molar-refractivity contribution is 9.10. The summed E-state index contributed by atoms with van der Waals surface area (Å²) in [5, 5.41) is 8.14. The molecular weight excluding hydrogens is 470 g/mol. The van der Waals surface area contributed by atoms with Gasteiger partial charge in [0.05, 0.1) is 0 Å². The third kappa shape index (κ3) is 5.76. The zero-order valence-electron chi connectivity index (χ0n) is 16.8. The molecule has 0 aromatic heterocycles. The van der Waals surface area contributed by atoms with Gasteiger partial charge in [-0.05, 0) is 42.8 Å². The second-order valence-electron chi connectivity index (χ2n) is 6.62. The molecule has 1 heterocycles. The van der Waals surface area contributed by atoms with E-state index in [1.165, 1.54) is 30.6 Å². The molecule has 1 atom stereocenters. The highest BCUT2D eigenvalue weighted by Gasteiger charge is 2.34. The summed E-state index contributed by atoms with van der Waals surface area (Å²) in [4.78, 5) is 23.5. The van der Waals surface area contributed by atoms with E-state index in [1.54, 1.807) is 0 Å². The van der Waals surface area contributed by atoms with Gasteiger partial charge in [-0.2, -0.15) is 0 Å². The Kier molecular flexibility index (Phi) is 7.38. The topological polar surface area (TPSA) is 80.2 Å². The summed E-state index contributed by atoms with van der Waals surface area (Å²) in [5.74, 6) is 0.928. The van der Waals surface area contributed by atoms with Crippen molar-refractivity contribution in [3.05, 3.63) is 58.1 Å². The van der Waals surface area contributed by atoms with E-state index in [0.717, 1.165) is 21.3 Å². The molecule has 7 nitrogen and oxygen atoms in total. The third-order valence-electron chi connectivity index (χ3n) is 4.09. The molecule has 0 radical (unpaired) electrons. The van der Waals surface area contributed by atoms with Gasteiger partial charge in [0.1, 0.15) is 30.1 Å². The number of hydrazone groups is 1. The van der Waals surface area contributed by atoms with E-state index in [-0.39, 0.29) is 11.8 Å². The highest BCUT2D eigenvalue weighted by Crippen LogP contribution is 2.43. The van der Waals surface area contributed by atoms with Crippen LogP contribution in [0.4, 0.5) is 0 Å². The number of nitrogens with zero attached hydrogens (tertiary/aromatic N) is 2. The number of amidine groups is 1. The molecule has 3 rings (SSSR count). The summed E-state index contributed by atoms with van der Waals surface area (Å²) in [7, 11) is 0. The number of carbonyl (C=O) groups is 2. The van der Waals surface area contributed by atoms with Gasteiger partial charge in [0.15, 0.2) is 5.17 Å². The predicted molar refractivity (Wildman–Crippen MR) is 120 cm³/mol. The number of carbonyl (C=O) groups excluding carboxylic acids is 2. The van der Waals surface area contributed by atoms with Crippen LogP contribution in [0, 0.1) is 6.92 Å². The predicted octanol–water partition coefficient (Wildman–Crippen LogP) is 4.22. The Bertz CT molecular complexity index is 982. The van der Waals surface area contributed by atoms with Crippen LogP contribution in [0.3, 0.4) is 0 Å². The fourth-order valence-corrected chi connectivity index (χ4v) is 4.36. The molecule has 30 heavy (non-hydrogen) atoms. The minimum atomic E-state index is -0.449. The van der Waals surface area contributed by atoms with E-state index in [1.807, 2.05) is 49.4 Å². The molecule has 0 fully saturated rings. The number of thioether (sulfide) groups is 1. The van der Waals surface area contributed by atoms with E-state index < -0.39 is 5.37 Å². The fraction of sp³-hybridized carbons (Fsp3) is 0.286. The van der Waals surface area contributed by atoms with E-state index in [0.29, 0.717) is 24.1 Å². The molecular formula is C21H22BrN3O4S. The van der Waals surface area contributed by atoms with Crippen molar-refractivity contribution in [1.82, 2.24) is 10.3 Å². The lowest BCUT2D eigenvalue weighted by molar-refractivity contribution is -0.129. The number of benzene rings is 2. The van der Waals surface area contributed by atoms with E-state index in [4.69, 9.17) is 9.47 Å². The van der Waals surface area contributed by atoms with Crippen LogP contribution in [0.2, 0.25) is 0 Å². The smallest absolute Gasteiger partial charge is 0.241 e. The van der Waals surface area contributed by atoms with Gasteiger partial charge >= 0.3 is 0 Å². The standard InChI is InChI=1S/C21H22BrN3O4S/c1-13-5-4-6-17(11-13)28-9-10-29-19-8-7-16(22)12-18(19)20-25(15(3)27)24-21(30-20)23-14(2)26/h4-8,11-12,20H,9-10H2,1-3H3,(H,23,24,26)/t20-/m1/s1. The van der Waals surface area contributed by atoms with E-state index >= 15 is 0 Å². The maximum absolute atomic E-state index is 12.1. The minimum Gasteiger partial charge on any atom is -0.490 e. The molecule has 2 aromatic carbocycles. The summed E-state index contributed by atoms with van der Waals surface area (Å²) >= 11 is 4.76. The number of halogens is 1. The Balaban J connectivity index is 1.71. The Morgan fingerprint density at radius 2 is 1.93 bits per heavy atom. The largest absolute Gasteiger partial charge is 0.490 e. The molecule has 0 bridgehead atoms. The van der Waals surface area contributed by atoms with Gasteiger partial charge in [-0.15, -0.1) is 5.10 Å². The number of hydrogen-bond donors (Lipinski definition) is 1. The second kappa shape index (κ2) is 9.99. The van der Waals surface area contributed by atoms with Crippen LogP contribution in [0.5, 0.6) is 11.5 Å². The van der Waals surface area contributed by atoms with Crippen molar-refractivity contribution in [2.75, 3.05) is 13.2 Å². The fourth-order valence-electron chi connectivity index (χ4n) is 2.83. The van der Waals surface area contributed by atoms with Crippen LogP contribution < -0.4 is 14.8 Å². The number of aryl methyl sites for hydroxylation is 1. The minimum absolute atomic E-state index is 0.235. The van der Waals surface area contributed by atoms with Crippen molar-refractivity contribution in [3.8, 4) is 11.5 Å². The lowest BCUT2D eigenvalue weighted by atomic mass is 10.2. The number of ether oxygens (including phenoxy) is 2. The van der Waals surface area contributed by atoms with Crippen LogP contribution in [-0.2, 0) is 9.59 Å². The van der Waals surface area contributed by atoms with Crippen molar-refractivity contribution in [1.29, 1.82) is 0 Å². The summed E-state index contributed by atoms with van der Waals surface area (Å²) in [5.41, 5.74) is 1.89. The van der Waals surface area contributed by atoms with Gasteiger partial charge in [-0.3, -0.25) is 9.59 Å².